The molecular weight excluding hydrogens is 245 g/mol. The van der Waals surface area contributed by atoms with Gasteiger partial charge in [-0.1, -0.05) is 6.92 Å². The molecule has 2 rings (SSSR count). The van der Waals surface area contributed by atoms with Crippen LogP contribution < -0.4 is 0 Å². The zero-order chi connectivity index (χ0) is 13.8. The van der Waals surface area contributed by atoms with Gasteiger partial charge in [-0.25, -0.2) is 4.39 Å². The molecule has 19 heavy (non-hydrogen) atoms. The zero-order valence-corrected chi connectivity index (χ0v) is 11.2. The summed E-state index contributed by atoms with van der Waals surface area (Å²) in [6, 6.07) is 3.49. The fourth-order valence-electron chi connectivity index (χ4n) is 2.50. The van der Waals surface area contributed by atoms with E-state index in [0.717, 1.165) is 38.1 Å². The molecule has 104 valence electrons. The molecule has 1 saturated heterocycles. The summed E-state index contributed by atoms with van der Waals surface area (Å²) in [5, 5.41) is 9.63. The van der Waals surface area contributed by atoms with Gasteiger partial charge in [-0.3, -0.25) is 9.69 Å². The first-order valence-corrected chi connectivity index (χ1v) is 6.80. The van der Waals surface area contributed by atoms with Crippen molar-refractivity contribution in [2.24, 2.45) is 5.92 Å². The smallest absolute Gasteiger partial charge is 0.180 e. The van der Waals surface area contributed by atoms with E-state index in [1.165, 1.54) is 12.5 Å². The third-order valence-electron chi connectivity index (χ3n) is 3.74. The number of nitrogens with zero attached hydrogens (tertiary/aromatic N) is 1. The van der Waals surface area contributed by atoms with Gasteiger partial charge in [0.2, 0.25) is 0 Å². The standard InChI is InChI=1S/C15H20FNO2/c1-11-3-2-7-17(8-6-11)10-15(19)13-9-12(16)4-5-14(13)18/h4-5,9,11,18H,2-3,6-8,10H2,1H3. The Morgan fingerprint density at radius 1 is 1.42 bits per heavy atom. The molecule has 0 saturated carbocycles. The minimum absolute atomic E-state index is 0.0808. The van der Waals surface area contributed by atoms with E-state index >= 15 is 0 Å². The minimum Gasteiger partial charge on any atom is -0.507 e. The van der Waals surface area contributed by atoms with Crippen LogP contribution in [-0.2, 0) is 0 Å². The monoisotopic (exact) mass is 265 g/mol. The second kappa shape index (κ2) is 6.15. The topological polar surface area (TPSA) is 40.5 Å². The highest BCUT2D eigenvalue weighted by Gasteiger charge is 2.19. The van der Waals surface area contributed by atoms with Crippen molar-refractivity contribution in [1.82, 2.24) is 4.90 Å². The lowest BCUT2D eigenvalue weighted by Crippen LogP contribution is -2.31. The van der Waals surface area contributed by atoms with E-state index in [4.69, 9.17) is 0 Å². The molecule has 0 radical (unpaired) electrons. The summed E-state index contributed by atoms with van der Waals surface area (Å²) in [5.41, 5.74) is 0.0808. The summed E-state index contributed by atoms with van der Waals surface area (Å²) in [5.74, 6) is -0.158. The lowest BCUT2D eigenvalue weighted by Gasteiger charge is -2.19. The number of carbonyl (C=O) groups is 1. The molecule has 1 fully saturated rings. The second-order valence-electron chi connectivity index (χ2n) is 5.40. The number of carbonyl (C=O) groups excluding carboxylic acids is 1. The summed E-state index contributed by atoms with van der Waals surface area (Å²) in [6.07, 6.45) is 3.36. The van der Waals surface area contributed by atoms with Crippen LogP contribution in [0, 0.1) is 11.7 Å². The molecule has 0 bridgehead atoms. The number of ketones is 1. The van der Waals surface area contributed by atoms with E-state index in [9.17, 15) is 14.3 Å². The van der Waals surface area contributed by atoms with Gasteiger partial charge in [0, 0.05) is 0 Å². The predicted molar refractivity (Wildman–Crippen MR) is 71.9 cm³/mol. The molecule has 1 aliphatic rings. The average molecular weight is 265 g/mol. The molecule has 1 unspecified atom stereocenters. The SMILES string of the molecule is CC1CCCN(CC(=O)c2cc(F)ccc2O)CC1. The van der Waals surface area contributed by atoms with E-state index in [1.54, 1.807) is 0 Å². The maximum atomic E-state index is 13.1. The van der Waals surface area contributed by atoms with Gasteiger partial charge in [0.1, 0.15) is 11.6 Å². The third kappa shape index (κ3) is 3.77. The summed E-state index contributed by atoms with van der Waals surface area (Å²) in [4.78, 5) is 14.2. The molecule has 1 aromatic rings. The maximum absolute atomic E-state index is 13.1. The van der Waals surface area contributed by atoms with Crippen LogP contribution in [0.2, 0.25) is 0 Å². The molecule has 0 aromatic heterocycles. The number of hydrogen-bond acceptors (Lipinski definition) is 3. The van der Waals surface area contributed by atoms with Gasteiger partial charge in [-0.2, -0.15) is 0 Å². The van der Waals surface area contributed by atoms with Crippen molar-refractivity contribution in [3.63, 3.8) is 0 Å². The van der Waals surface area contributed by atoms with Crippen molar-refractivity contribution >= 4 is 5.78 Å². The molecule has 0 spiro atoms. The molecule has 0 amide bonds. The van der Waals surface area contributed by atoms with Gasteiger partial charge in [0.25, 0.3) is 0 Å². The van der Waals surface area contributed by atoms with E-state index in [-0.39, 0.29) is 23.6 Å². The number of rotatable bonds is 3. The Kier molecular flexibility index (Phi) is 4.53. The highest BCUT2D eigenvalue weighted by atomic mass is 19.1. The maximum Gasteiger partial charge on any atom is 0.180 e. The van der Waals surface area contributed by atoms with Crippen molar-refractivity contribution in [2.75, 3.05) is 19.6 Å². The summed E-state index contributed by atoms with van der Waals surface area (Å²) in [7, 11) is 0. The highest BCUT2D eigenvalue weighted by molar-refractivity contribution is 6.00. The fourth-order valence-corrected chi connectivity index (χ4v) is 2.50. The first-order valence-electron chi connectivity index (χ1n) is 6.80. The van der Waals surface area contributed by atoms with Crippen molar-refractivity contribution in [3.8, 4) is 5.75 Å². The Morgan fingerprint density at radius 3 is 3.00 bits per heavy atom. The van der Waals surface area contributed by atoms with Gasteiger partial charge in [-0.15, -0.1) is 0 Å². The highest BCUT2D eigenvalue weighted by Crippen LogP contribution is 2.20. The van der Waals surface area contributed by atoms with Crippen molar-refractivity contribution < 1.29 is 14.3 Å². The second-order valence-corrected chi connectivity index (χ2v) is 5.40. The van der Waals surface area contributed by atoms with E-state index in [2.05, 4.69) is 11.8 Å². The normalized spacial score (nSPS) is 21.1. The van der Waals surface area contributed by atoms with Gasteiger partial charge >= 0.3 is 0 Å². The molecular formula is C15H20FNO2. The van der Waals surface area contributed by atoms with Crippen LogP contribution in [0.4, 0.5) is 4.39 Å². The minimum atomic E-state index is -0.495. The van der Waals surface area contributed by atoms with E-state index in [0.29, 0.717) is 5.92 Å². The number of Topliss-reactive ketones (excluding diaryl/α,β-unsaturated/α-hetero) is 1. The van der Waals surface area contributed by atoms with Crippen LogP contribution in [0.5, 0.6) is 5.75 Å². The number of benzene rings is 1. The molecule has 1 aromatic carbocycles. The summed E-state index contributed by atoms with van der Waals surface area (Å²) in [6.45, 7) is 4.27. The Balaban J connectivity index is 2.02. The van der Waals surface area contributed by atoms with E-state index < -0.39 is 5.82 Å². The summed E-state index contributed by atoms with van der Waals surface area (Å²) >= 11 is 0. The molecule has 1 aliphatic heterocycles. The largest absolute Gasteiger partial charge is 0.507 e. The molecule has 0 aliphatic carbocycles. The van der Waals surface area contributed by atoms with Crippen LogP contribution in [0.15, 0.2) is 18.2 Å². The molecule has 3 nitrogen and oxygen atoms in total. The Labute approximate surface area is 113 Å². The summed E-state index contributed by atoms with van der Waals surface area (Å²) < 4.78 is 13.1. The van der Waals surface area contributed by atoms with Crippen LogP contribution in [0.1, 0.15) is 36.5 Å². The lowest BCUT2D eigenvalue weighted by atomic mass is 10.0. The number of aromatic hydroxyl groups is 1. The molecule has 1 heterocycles. The number of phenolic OH excluding ortho intramolecular Hbond substituents is 1. The zero-order valence-electron chi connectivity index (χ0n) is 11.2. The van der Waals surface area contributed by atoms with Crippen molar-refractivity contribution in [2.45, 2.75) is 26.2 Å². The lowest BCUT2D eigenvalue weighted by molar-refractivity contribution is 0.0929. The first kappa shape index (κ1) is 14.0. The first-order chi connectivity index (χ1) is 9.06. The number of halogens is 1. The molecule has 4 heteroatoms. The van der Waals surface area contributed by atoms with Crippen molar-refractivity contribution in [3.05, 3.63) is 29.6 Å². The molecule has 1 N–H and O–H groups in total. The van der Waals surface area contributed by atoms with Crippen LogP contribution >= 0.6 is 0 Å². The Morgan fingerprint density at radius 2 is 2.21 bits per heavy atom. The van der Waals surface area contributed by atoms with Gasteiger partial charge < -0.3 is 5.11 Å². The fraction of sp³-hybridized carbons (Fsp3) is 0.533. The average Bonchev–Trinajstić information content (AvgIpc) is 2.57. The van der Waals surface area contributed by atoms with Gasteiger partial charge in [0.15, 0.2) is 5.78 Å². The number of likely N-dealkylation sites (tertiary alicyclic amines) is 1. The quantitative estimate of drug-likeness (QED) is 0.854. The van der Waals surface area contributed by atoms with Crippen LogP contribution in [-0.4, -0.2) is 35.4 Å². The number of phenols is 1. The Bertz CT molecular complexity index is 461. The number of hydrogen-bond donors (Lipinski definition) is 1. The third-order valence-corrected chi connectivity index (χ3v) is 3.74. The Hall–Kier alpha value is -1.42. The van der Waals surface area contributed by atoms with Gasteiger partial charge in [-0.05, 0) is 56.5 Å². The van der Waals surface area contributed by atoms with E-state index in [1.807, 2.05) is 0 Å². The molecule has 1 atom stereocenters. The van der Waals surface area contributed by atoms with Crippen LogP contribution in [0.3, 0.4) is 0 Å². The predicted octanol–water partition coefficient (Wildman–Crippen LogP) is 2.84. The van der Waals surface area contributed by atoms with Gasteiger partial charge in [0.05, 0.1) is 12.1 Å². The van der Waals surface area contributed by atoms with Crippen molar-refractivity contribution in [1.29, 1.82) is 0 Å². The van der Waals surface area contributed by atoms with Crippen LogP contribution in [0.25, 0.3) is 0 Å².